The van der Waals surface area contributed by atoms with Crippen molar-refractivity contribution in [3.63, 3.8) is 0 Å². The van der Waals surface area contributed by atoms with E-state index in [2.05, 4.69) is 20.9 Å². The van der Waals surface area contributed by atoms with Gasteiger partial charge in [0.05, 0.1) is 6.61 Å². The van der Waals surface area contributed by atoms with Gasteiger partial charge in [-0.1, -0.05) is 0 Å². The van der Waals surface area contributed by atoms with Gasteiger partial charge in [0, 0.05) is 16.7 Å². The zero-order chi connectivity index (χ0) is 12.0. The smallest absolute Gasteiger partial charge is 0.358 e. The number of rotatable bonds is 5. The summed E-state index contributed by atoms with van der Waals surface area (Å²) < 4.78 is 11.1. The van der Waals surface area contributed by atoms with Crippen LogP contribution in [0.1, 0.15) is 6.92 Å². The summed E-state index contributed by atoms with van der Waals surface area (Å²) in [5.41, 5.74) is -0.673. The normalized spacial score (nSPS) is 11.9. The highest BCUT2D eigenvalue weighted by atomic mass is 79.9. The van der Waals surface area contributed by atoms with Crippen LogP contribution in [0.15, 0.2) is 22.8 Å². The van der Waals surface area contributed by atoms with Gasteiger partial charge in [-0.05, 0) is 35.2 Å². The maximum absolute atomic E-state index is 11.4. The fourth-order valence-corrected chi connectivity index (χ4v) is 1.63. The Hall–Kier alpha value is -0.750. The van der Waals surface area contributed by atoms with Crippen LogP contribution >= 0.6 is 27.7 Å². The van der Waals surface area contributed by atoms with Crippen LogP contribution in [0, 0.1) is 0 Å². The first-order chi connectivity index (χ1) is 7.67. The Labute approximate surface area is 107 Å². The van der Waals surface area contributed by atoms with Crippen LogP contribution in [0.4, 0.5) is 0 Å². The Balaban J connectivity index is 2.62. The summed E-state index contributed by atoms with van der Waals surface area (Å²) in [6, 6.07) is 3.48. The first kappa shape index (κ1) is 13.3. The maximum atomic E-state index is 11.4. The molecule has 88 valence electrons. The number of esters is 1. The molecule has 0 aliphatic carbocycles. The molecule has 1 heterocycles. The lowest BCUT2D eigenvalue weighted by atomic mass is 10.5. The molecule has 1 rings (SSSR count). The van der Waals surface area contributed by atoms with Gasteiger partial charge in [-0.25, -0.2) is 9.78 Å². The number of aromatic nitrogens is 1. The number of nitrogens with zero attached hydrogens (tertiary/aromatic N) is 1. The second kappa shape index (κ2) is 6.75. The number of carbonyl (C=O) groups is 1. The van der Waals surface area contributed by atoms with Crippen molar-refractivity contribution in [3.05, 3.63) is 22.8 Å². The summed E-state index contributed by atoms with van der Waals surface area (Å²) in [7, 11) is 0. The molecule has 0 aromatic carbocycles. The molecule has 1 unspecified atom stereocenters. The molecule has 0 aliphatic rings. The molecule has 0 saturated heterocycles. The number of thioether (sulfide) groups is 1. The monoisotopic (exact) mass is 305 g/mol. The first-order valence-corrected chi connectivity index (χ1v) is 6.73. The lowest BCUT2D eigenvalue weighted by Crippen LogP contribution is -2.26. The van der Waals surface area contributed by atoms with Gasteiger partial charge >= 0.3 is 5.97 Å². The lowest BCUT2D eigenvalue weighted by Gasteiger charge is -2.14. The average Bonchev–Trinajstić information content (AvgIpc) is 2.28. The van der Waals surface area contributed by atoms with Gasteiger partial charge in [-0.3, -0.25) is 0 Å². The van der Waals surface area contributed by atoms with Crippen molar-refractivity contribution in [1.29, 1.82) is 0 Å². The zero-order valence-electron chi connectivity index (χ0n) is 8.97. The number of carbonyl (C=O) groups excluding carboxylic acids is 1. The highest BCUT2D eigenvalue weighted by Gasteiger charge is 2.20. The summed E-state index contributed by atoms with van der Waals surface area (Å²) in [4.78, 5) is 15.5. The predicted molar refractivity (Wildman–Crippen MR) is 66.5 cm³/mol. The van der Waals surface area contributed by atoms with Gasteiger partial charge in [0.1, 0.15) is 0 Å². The van der Waals surface area contributed by atoms with Gasteiger partial charge < -0.3 is 9.47 Å². The molecular weight excluding hydrogens is 294 g/mol. The molecule has 1 aromatic rings. The van der Waals surface area contributed by atoms with Gasteiger partial charge in [-0.15, -0.1) is 11.8 Å². The summed E-state index contributed by atoms with van der Waals surface area (Å²) >= 11 is 4.54. The molecule has 0 saturated carbocycles. The van der Waals surface area contributed by atoms with E-state index in [1.807, 2.05) is 0 Å². The molecule has 1 aromatic heterocycles. The number of pyridine rings is 1. The lowest BCUT2D eigenvalue weighted by molar-refractivity contribution is -0.147. The van der Waals surface area contributed by atoms with Crippen LogP contribution in [0.25, 0.3) is 0 Å². The summed E-state index contributed by atoms with van der Waals surface area (Å²) in [5, 5.41) is 0. The molecule has 0 amide bonds. The van der Waals surface area contributed by atoms with Crippen LogP contribution in [0.2, 0.25) is 0 Å². The predicted octanol–water partition coefficient (Wildman–Crippen LogP) is 2.48. The minimum absolute atomic E-state index is 0.340. The van der Waals surface area contributed by atoms with Crippen molar-refractivity contribution >= 4 is 33.7 Å². The summed E-state index contributed by atoms with van der Waals surface area (Å²) in [6.07, 6.45) is 3.39. The highest BCUT2D eigenvalue weighted by Crippen LogP contribution is 2.17. The third kappa shape index (κ3) is 4.02. The molecule has 0 spiro atoms. The number of hydrogen-bond donors (Lipinski definition) is 0. The Morgan fingerprint density at radius 3 is 2.88 bits per heavy atom. The van der Waals surface area contributed by atoms with Crippen LogP contribution in [0.5, 0.6) is 5.88 Å². The van der Waals surface area contributed by atoms with E-state index in [4.69, 9.17) is 9.47 Å². The van der Waals surface area contributed by atoms with Crippen LogP contribution in [0.3, 0.4) is 0 Å². The number of halogens is 1. The third-order valence-corrected chi connectivity index (χ3v) is 2.81. The molecule has 4 nitrogen and oxygen atoms in total. The van der Waals surface area contributed by atoms with E-state index >= 15 is 0 Å². The highest BCUT2D eigenvalue weighted by molar-refractivity contribution is 9.10. The molecule has 0 aliphatic heterocycles. The molecular formula is C10H12BrNO3S. The average molecular weight is 306 g/mol. The minimum Gasteiger partial charge on any atom is -0.463 e. The second-order valence-corrected chi connectivity index (χ2v) is 4.57. The Bertz CT molecular complexity index is 344. The van der Waals surface area contributed by atoms with Crippen molar-refractivity contribution < 1.29 is 14.3 Å². The minimum atomic E-state index is -0.673. The van der Waals surface area contributed by atoms with E-state index in [1.165, 1.54) is 11.8 Å². The molecule has 1 atom stereocenters. The van der Waals surface area contributed by atoms with Gasteiger partial charge in [0.15, 0.2) is 0 Å². The number of hydrogen-bond acceptors (Lipinski definition) is 5. The third-order valence-electron chi connectivity index (χ3n) is 1.62. The van der Waals surface area contributed by atoms with E-state index in [-0.39, 0.29) is 5.97 Å². The van der Waals surface area contributed by atoms with Crippen LogP contribution < -0.4 is 4.74 Å². The van der Waals surface area contributed by atoms with E-state index in [1.54, 1.807) is 31.5 Å². The second-order valence-electron chi connectivity index (χ2n) is 2.75. The summed E-state index contributed by atoms with van der Waals surface area (Å²) in [5.74, 6) is 0.00956. The van der Waals surface area contributed by atoms with Crippen LogP contribution in [-0.4, -0.2) is 29.3 Å². The van der Waals surface area contributed by atoms with Crippen molar-refractivity contribution in [2.45, 2.75) is 12.4 Å². The van der Waals surface area contributed by atoms with Gasteiger partial charge in [0.2, 0.25) is 11.3 Å². The van der Waals surface area contributed by atoms with Crippen molar-refractivity contribution in [3.8, 4) is 5.88 Å². The van der Waals surface area contributed by atoms with E-state index in [9.17, 15) is 4.79 Å². The Morgan fingerprint density at radius 1 is 1.62 bits per heavy atom. The van der Waals surface area contributed by atoms with Crippen molar-refractivity contribution in [2.24, 2.45) is 0 Å². The first-order valence-electron chi connectivity index (χ1n) is 4.65. The van der Waals surface area contributed by atoms with E-state index < -0.39 is 5.44 Å². The molecule has 0 fully saturated rings. The van der Waals surface area contributed by atoms with E-state index in [0.717, 1.165) is 4.47 Å². The Morgan fingerprint density at radius 2 is 2.38 bits per heavy atom. The molecule has 16 heavy (non-hydrogen) atoms. The maximum Gasteiger partial charge on any atom is 0.358 e. The SMILES string of the molecule is CCOC(=O)C(Oc1ccc(Br)cn1)SC. The molecule has 0 bridgehead atoms. The van der Waals surface area contributed by atoms with Crippen LogP contribution in [-0.2, 0) is 9.53 Å². The molecule has 0 radical (unpaired) electrons. The Kier molecular flexibility index (Phi) is 5.62. The van der Waals surface area contributed by atoms with Crippen molar-refractivity contribution in [2.75, 3.05) is 12.9 Å². The van der Waals surface area contributed by atoms with E-state index in [0.29, 0.717) is 12.5 Å². The number of ether oxygens (including phenoxy) is 2. The topological polar surface area (TPSA) is 48.4 Å². The fraction of sp³-hybridized carbons (Fsp3) is 0.400. The standard InChI is InChI=1S/C10H12BrNO3S/c1-3-14-9(13)10(16-2)15-8-5-4-7(11)6-12-8/h4-6,10H,3H2,1-2H3. The quantitative estimate of drug-likeness (QED) is 0.618. The summed E-state index contributed by atoms with van der Waals surface area (Å²) in [6.45, 7) is 2.10. The van der Waals surface area contributed by atoms with Gasteiger partial charge in [0.25, 0.3) is 0 Å². The molecule has 6 heteroatoms. The van der Waals surface area contributed by atoms with Gasteiger partial charge in [-0.2, -0.15) is 0 Å². The van der Waals surface area contributed by atoms with Crippen molar-refractivity contribution in [1.82, 2.24) is 4.98 Å². The molecule has 0 N–H and O–H groups in total. The fourth-order valence-electron chi connectivity index (χ4n) is 0.944. The largest absolute Gasteiger partial charge is 0.463 e. The zero-order valence-corrected chi connectivity index (χ0v) is 11.4.